The Kier molecular flexibility index (Phi) is 4.84. The molecule has 1 aromatic rings. The van der Waals surface area contributed by atoms with Gasteiger partial charge in [-0.05, 0) is 6.92 Å². The van der Waals surface area contributed by atoms with Gasteiger partial charge in [0.1, 0.15) is 0 Å². The molecular formula is C12H17N3O3S. The first-order valence-electron chi connectivity index (χ1n) is 6.22. The SMILES string of the molecule is CCOc1ccnc(N2CCSCC2CC(=O)O)n1. The van der Waals surface area contributed by atoms with Crippen LogP contribution in [0, 0.1) is 0 Å². The van der Waals surface area contributed by atoms with Crippen molar-refractivity contribution in [1.29, 1.82) is 0 Å². The maximum atomic E-state index is 10.9. The Bertz CT molecular complexity index is 444. The molecule has 0 aromatic carbocycles. The Labute approximate surface area is 116 Å². The number of carboxylic acid groups (broad SMARTS) is 1. The fourth-order valence-electron chi connectivity index (χ4n) is 1.99. The third-order valence-corrected chi connectivity index (χ3v) is 3.90. The van der Waals surface area contributed by atoms with E-state index in [1.165, 1.54) is 0 Å². The molecule has 0 radical (unpaired) electrons. The highest BCUT2D eigenvalue weighted by Gasteiger charge is 2.27. The molecule has 6 nitrogen and oxygen atoms in total. The van der Waals surface area contributed by atoms with Crippen LogP contribution in [-0.4, -0.2) is 51.7 Å². The molecular weight excluding hydrogens is 266 g/mol. The molecule has 1 saturated heterocycles. The second-order valence-electron chi connectivity index (χ2n) is 4.15. The summed E-state index contributed by atoms with van der Waals surface area (Å²) in [6, 6.07) is 1.64. The minimum absolute atomic E-state index is 0.0619. The average molecular weight is 283 g/mol. The van der Waals surface area contributed by atoms with Crippen LogP contribution in [0.1, 0.15) is 13.3 Å². The summed E-state index contributed by atoms with van der Waals surface area (Å²) in [5.74, 6) is 2.03. The number of anilines is 1. The summed E-state index contributed by atoms with van der Waals surface area (Å²) in [6.07, 6.45) is 1.75. The van der Waals surface area contributed by atoms with E-state index >= 15 is 0 Å². The summed E-state index contributed by atoms with van der Waals surface area (Å²) in [6.45, 7) is 3.20. The van der Waals surface area contributed by atoms with Gasteiger partial charge in [0.25, 0.3) is 0 Å². The average Bonchev–Trinajstić information content (AvgIpc) is 2.39. The monoisotopic (exact) mass is 283 g/mol. The number of hydrogen-bond acceptors (Lipinski definition) is 6. The van der Waals surface area contributed by atoms with Crippen molar-refractivity contribution < 1.29 is 14.6 Å². The predicted octanol–water partition coefficient (Wildman–Crippen LogP) is 1.27. The number of nitrogens with zero attached hydrogens (tertiary/aromatic N) is 3. The van der Waals surface area contributed by atoms with E-state index in [1.807, 2.05) is 11.8 Å². The molecule has 2 rings (SSSR count). The van der Waals surface area contributed by atoms with Gasteiger partial charge in [-0.3, -0.25) is 4.79 Å². The minimum Gasteiger partial charge on any atom is -0.481 e. The number of thioether (sulfide) groups is 1. The molecule has 1 aliphatic rings. The Morgan fingerprint density at radius 2 is 2.53 bits per heavy atom. The normalized spacial score (nSPS) is 19.2. The first-order valence-corrected chi connectivity index (χ1v) is 7.38. The van der Waals surface area contributed by atoms with E-state index < -0.39 is 5.97 Å². The molecule has 104 valence electrons. The highest BCUT2D eigenvalue weighted by molar-refractivity contribution is 7.99. The quantitative estimate of drug-likeness (QED) is 0.872. The summed E-state index contributed by atoms with van der Waals surface area (Å²) >= 11 is 1.77. The lowest BCUT2D eigenvalue weighted by atomic mass is 10.2. The van der Waals surface area contributed by atoms with Gasteiger partial charge < -0.3 is 14.7 Å². The fourth-order valence-corrected chi connectivity index (χ4v) is 3.05. The van der Waals surface area contributed by atoms with Crippen LogP contribution >= 0.6 is 11.8 Å². The van der Waals surface area contributed by atoms with Gasteiger partial charge in [0.15, 0.2) is 0 Å². The summed E-state index contributed by atoms with van der Waals surface area (Å²) < 4.78 is 5.35. The van der Waals surface area contributed by atoms with Gasteiger partial charge in [-0.25, -0.2) is 4.98 Å². The first-order chi connectivity index (χ1) is 9.20. The largest absolute Gasteiger partial charge is 0.481 e. The number of ether oxygens (including phenoxy) is 1. The highest BCUT2D eigenvalue weighted by atomic mass is 32.2. The van der Waals surface area contributed by atoms with Crippen molar-refractivity contribution in [2.75, 3.05) is 29.6 Å². The van der Waals surface area contributed by atoms with E-state index in [0.717, 1.165) is 18.1 Å². The molecule has 0 spiro atoms. The van der Waals surface area contributed by atoms with Crippen LogP contribution in [0.4, 0.5) is 5.95 Å². The fraction of sp³-hybridized carbons (Fsp3) is 0.583. The van der Waals surface area contributed by atoms with Crippen molar-refractivity contribution in [3.8, 4) is 5.88 Å². The van der Waals surface area contributed by atoms with E-state index in [0.29, 0.717) is 18.4 Å². The zero-order valence-corrected chi connectivity index (χ0v) is 11.6. The molecule has 1 N–H and O–H groups in total. The summed E-state index contributed by atoms with van der Waals surface area (Å²) in [5.41, 5.74) is 0. The van der Waals surface area contributed by atoms with Crippen LogP contribution in [0.3, 0.4) is 0 Å². The van der Waals surface area contributed by atoms with Crippen molar-refractivity contribution in [2.24, 2.45) is 0 Å². The number of aromatic nitrogens is 2. The number of carbonyl (C=O) groups is 1. The topological polar surface area (TPSA) is 75.5 Å². The van der Waals surface area contributed by atoms with Gasteiger partial charge in [-0.1, -0.05) is 0 Å². The minimum atomic E-state index is -0.793. The lowest BCUT2D eigenvalue weighted by molar-refractivity contribution is -0.137. The lowest BCUT2D eigenvalue weighted by Crippen LogP contribution is -2.44. The van der Waals surface area contributed by atoms with Crippen molar-refractivity contribution in [3.05, 3.63) is 12.3 Å². The van der Waals surface area contributed by atoms with E-state index in [1.54, 1.807) is 24.0 Å². The van der Waals surface area contributed by atoms with Gasteiger partial charge in [-0.15, -0.1) is 0 Å². The van der Waals surface area contributed by atoms with Crippen molar-refractivity contribution >= 4 is 23.7 Å². The standard InChI is InChI=1S/C12H17N3O3S/c1-2-18-10-3-4-13-12(14-10)15-5-6-19-8-9(15)7-11(16)17/h3-4,9H,2,5-8H2,1H3,(H,16,17). The summed E-state index contributed by atoms with van der Waals surface area (Å²) in [7, 11) is 0. The highest BCUT2D eigenvalue weighted by Crippen LogP contribution is 2.24. The second-order valence-corrected chi connectivity index (χ2v) is 5.30. The molecule has 0 saturated carbocycles. The Morgan fingerprint density at radius 1 is 1.68 bits per heavy atom. The predicted molar refractivity (Wildman–Crippen MR) is 73.9 cm³/mol. The third kappa shape index (κ3) is 3.73. The van der Waals surface area contributed by atoms with Crippen LogP contribution in [-0.2, 0) is 4.79 Å². The zero-order valence-electron chi connectivity index (χ0n) is 10.8. The molecule has 0 bridgehead atoms. The molecule has 1 atom stereocenters. The Hall–Kier alpha value is -1.50. The molecule has 7 heteroatoms. The van der Waals surface area contributed by atoms with Crippen molar-refractivity contribution in [1.82, 2.24) is 9.97 Å². The maximum Gasteiger partial charge on any atom is 0.305 e. The Balaban J connectivity index is 2.16. The molecule has 0 amide bonds. The second kappa shape index (κ2) is 6.60. The number of aliphatic carboxylic acids is 1. The number of carboxylic acids is 1. The Morgan fingerprint density at radius 3 is 3.26 bits per heavy atom. The van der Waals surface area contributed by atoms with Crippen LogP contribution < -0.4 is 9.64 Å². The van der Waals surface area contributed by atoms with Gasteiger partial charge in [0.2, 0.25) is 11.8 Å². The van der Waals surface area contributed by atoms with E-state index in [4.69, 9.17) is 9.84 Å². The van der Waals surface area contributed by atoms with Gasteiger partial charge in [0, 0.05) is 30.3 Å². The smallest absolute Gasteiger partial charge is 0.305 e. The molecule has 1 aromatic heterocycles. The molecule has 1 aliphatic heterocycles. The zero-order chi connectivity index (χ0) is 13.7. The van der Waals surface area contributed by atoms with Crippen molar-refractivity contribution in [2.45, 2.75) is 19.4 Å². The van der Waals surface area contributed by atoms with Gasteiger partial charge >= 0.3 is 5.97 Å². The van der Waals surface area contributed by atoms with Crippen LogP contribution in [0.2, 0.25) is 0 Å². The van der Waals surface area contributed by atoms with Gasteiger partial charge in [-0.2, -0.15) is 16.7 Å². The van der Waals surface area contributed by atoms with E-state index in [9.17, 15) is 4.79 Å². The summed E-state index contributed by atoms with van der Waals surface area (Å²) in [5, 5.41) is 8.97. The maximum absolute atomic E-state index is 10.9. The van der Waals surface area contributed by atoms with Crippen molar-refractivity contribution in [3.63, 3.8) is 0 Å². The third-order valence-electron chi connectivity index (χ3n) is 2.80. The van der Waals surface area contributed by atoms with Crippen LogP contribution in [0.5, 0.6) is 5.88 Å². The molecule has 2 heterocycles. The van der Waals surface area contributed by atoms with E-state index in [-0.39, 0.29) is 12.5 Å². The van der Waals surface area contributed by atoms with Crippen LogP contribution in [0.15, 0.2) is 12.3 Å². The summed E-state index contributed by atoms with van der Waals surface area (Å²) in [4.78, 5) is 21.4. The lowest BCUT2D eigenvalue weighted by Gasteiger charge is -2.34. The molecule has 1 fully saturated rings. The number of hydrogen-bond donors (Lipinski definition) is 1. The van der Waals surface area contributed by atoms with Crippen LogP contribution in [0.25, 0.3) is 0 Å². The number of rotatable bonds is 5. The molecule has 1 unspecified atom stereocenters. The van der Waals surface area contributed by atoms with Gasteiger partial charge in [0.05, 0.1) is 19.1 Å². The first kappa shape index (κ1) is 13.9. The molecule has 19 heavy (non-hydrogen) atoms. The molecule has 0 aliphatic carbocycles. The van der Waals surface area contributed by atoms with E-state index in [2.05, 4.69) is 9.97 Å².